The van der Waals surface area contributed by atoms with Crippen LogP contribution in [-0.2, 0) is 11.3 Å². The monoisotopic (exact) mass is 243 g/mol. The number of likely N-dealkylation sites (N-methyl/N-ethyl adjacent to an activating group) is 1. The third-order valence-corrected chi connectivity index (χ3v) is 2.24. The number of hydrogen-bond donors (Lipinski definition) is 1. The Balaban J connectivity index is 2.27. The molecule has 6 heteroatoms. The molecular weight excluding hydrogens is 222 g/mol. The van der Waals surface area contributed by atoms with E-state index in [0.29, 0.717) is 31.5 Å². The summed E-state index contributed by atoms with van der Waals surface area (Å²) >= 11 is 0. The van der Waals surface area contributed by atoms with Crippen LogP contribution in [0.1, 0.15) is 31.5 Å². The van der Waals surface area contributed by atoms with Gasteiger partial charge in [0.05, 0.1) is 26.4 Å². The molecule has 1 rings (SSSR count). The van der Waals surface area contributed by atoms with E-state index in [9.17, 15) is 0 Å². The molecule has 0 aromatic carbocycles. The lowest BCUT2D eigenvalue weighted by atomic mass is 10.2. The van der Waals surface area contributed by atoms with Crippen molar-refractivity contribution in [3.05, 3.63) is 11.7 Å². The van der Waals surface area contributed by atoms with Crippen molar-refractivity contribution in [1.82, 2.24) is 15.0 Å². The van der Waals surface area contributed by atoms with Gasteiger partial charge in [-0.25, -0.2) is 0 Å². The first-order chi connectivity index (χ1) is 8.13. The maximum Gasteiger partial charge on any atom is 0.229 e. The fourth-order valence-corrected chi connectivity index (χ4v) is 1.27. The van der Waals surface area contributed by atoms with Gasteiger partial charge in [0.25, 0.3) is 0 Å². The Bertz CT molecular complexity index is 315. The molecule has 6 nitrogen and oxygen atoms in total. The molecule has 0 radical (unpaired) electrons. The first-order valence-electron chi connectivity index (χ1n) is 5.83. The number of rotatable bonds is 8. The summed E-state index contributed by atoms with van der Waals surface area (Å²) in [6.45, 7) is 6.48. The van der Waals surface area contributed by atoms with E-state index in [-0.39, 0.29) is 12.5 Å². The molecule has 0 spiro atoms. The Morgan fingerprint density at radius 3 is 2.76 bits per heavy atom. The zero-order valence-electron chi connectivity index (χ0n) is 10.7. The largest absolute Gasteiger partial charge is 0.394 e. The smallest absolute Gasteiger partial charge is 0.229 e. The molecule has 0 aliphatic carbocycles. The summed E-state index contributed by atoms with van der Waals surface area (Å²) < 4.78 is 10.3. The first-order valence-corrected chi connectivity index (χ1v) is 5.83. The Morgan fingerprint density at radius 2 is 2.18 bits per heavy atom. The summed E-state index contributed by atoms with van der Waals surface area (Å²) in [7, 11) is 1.97. The summed E-state index contributed by atoms with van der Waals surface area (Å²) in [6.07, 6.45) is 0. The molecule has 0 fully saturated rings. The van der Waals surface area contributed by atoms with Gasteiger partial charge in [-0.3, -0.25) is 4.90 Å². The standard InChI is InChI=1S/C11H21N3O3/c1-9(2)11-12-10(13-17-11)8-14(3)4-6-16-7-5-15/h9,15H,4-8H2,1-3H3. The highest BCUT2D eigenvalue weighted by atomic mass is 16.5. The topological polar surface area (TPSA) is 71.6 Å². The van der Waals surface area contributed by atoms with Crippen molar-refractivity contribution in [2.45, 2.75) is 26.3 Å². The van der Waals surface area contributed by atoms with Crippen LogP contribution in [0.15, 0.2) is 4.52 Å². The Hall–Kier alpha value is -0.980. The Kier molecular flexibility index (Phi) is 6.10. The maximum atomic E-state index is 8.55. The van der Waals surface area contributed by atoms with Crippen LogP contribution in [0.3, 0.4) is 0 Å². The van der Waals surface area contributed by atoms with E-state index >= 15 is 0 Å². The summed E-state index contributed by atoms with van der Waals surface area (Å²) in [5, 5.41) is 12.5. The van der Waals surface area contributed by atoms with Crippen molar-refractivity contribution in [2.24, 2.45) is 0 Å². The molecule has 0 saturated carbocycles. The van der Waals surface area contributed by atoms with Crippen molar-refractivity contribution in [3.8, 4) is 0 Å². The van der Waals surface area contributed by atoms with Gasteiger partial charge in [0.1, 0.15) is 0 Å². The minimum atomic E-state index is 0.0618. The number of ether oxygens (including phenoxy) is 1. The highest BCUT2D eigenvalue weighted by Gasteiger charge is 2.11. The van der Waals surface area contributed by atoms with Gasteiger partial charge in [0, 0.05) is 12.5 Å². The molecule has 0 unspecified atom stereocenters. The third-order valence-electron chi connectivity index (χ3n) is 2.24. The normalized spacial score (nSPS) is 11.6. The van der Waals surface area contributed by atoms with Crippen LogP contribution in [0.25, 0.3) is 0 Å². The number of aromatic nitrogens is 2. The van der Waals surface area contributed by atoms with E-state index in [2.05, 4.69) is 10.1 Å². The van der Waals surface area contributed by atoms with Crippen molar-refractivity contribution in [3.63, 3.8) is 0 Å². The van der Waals surface area contributed by atoms with E-state index in [1.807, 2.05) is 25.8 Å². The highest BCUT2D eigenvalue weighted by Crippen LogP contribution is 2.11. The molecule has 0 saturated heterocycles. The van der Waals surface area contributed by atoms with Crippen LogP contribution < -0.4 is 0 Å². The van der Waals surface area contributed by atoms with Crippen LogP contribution in [0.4, 0.5) is 0 Å². The lowest BCUT2D eigenvalue weighted by Crippen LogP contribution is -2.23. The van der Waals surface area contributed by atoms with Gasteiger partial charge < -0.3 is 14.4 Å². The maximum absolute atomic E-state index is 8.55. The molecule has 0 aliphatic heterocycles. The third kappa shape index (κ3) is 5.25. The molecule has 1 heterocycles. The fraction of sp³-hybridized carbons (Fsp3) is 0.818. The van der Waals surface area contributed by atoms with Gasteiger partial charge >= 0.3 is 0 Å². The second kappa shape index (κ2) is 7.37. The lowest BCUT2D eigenvalue weighted by molar-refractivity contribution is 0.0767. The Labute approximate surface area is 102 Å². The van der Waals surface area contributed by atoms with Crippen LogP contribution >= 0.6 is 0 Å². The van der Waals surface area contributed by atoms with Gasteiger partial charge in [-0.05, 0) is 7.05 Å². The average Bonchev–Trinajstić information content (AvgIpc) is 2.73. The lowest BCUT2D eigenvalue weighted by Gasteiger charge is -2.13. The minimum Gasteiger partial charge on any atom is -0.394 e. The molecule has 0 atom stereocenters. The van der Waals surface area contributed by atoms with Crippen molar-refractivity contribution in [1.29, 1.82) is 0 Å². The molecule has 17 heavy (non-hydrogen) atoms. The molecule has 1 aromatic heterocycles. The van der Waals surface area contributed by atoms with Crippen LogP contribution in [0, 0.1) is 0 Å². The van der Waals surface area contributed by atoms with Gasteiger partial charge in [-0.2, -0.15) is 4.98 Å². The van der Waals surface area contributed by atoms with Crippen LogP contribution in [0.5, 0.6) is 0 Å². The predicted molar refractivity (Wildman–Crippen MR) is 62.6 cm³/mol. The fourth-order valence-electron chi connectivity index (χ4n) is 1.27. The summed E-state index contributed by atoms with van der Waals surface area (Å²) in [4.78, 5) is 6.34. The second-order valence-corrected chi connectivity index (χ2v) is 4.28. The van der Waals surface area contributed by atoms with Crippen LogP contribution in [-0.4, -0.2) is 53.6 Å². The number of hydrogen-bond acceptors (Lipinski definition) is 6. The second-order valence-electron chi connectivity index (χ2n) is 4.28. The number of aliphatic hydroxyl groups is 1. The molecule has 1 N–H and O–H groups in total. The van der Waals surface area contributed by atoms with Crippen molar-refractivity contribution in [2.75, 3.05) is 33.4 Å². The van der Waals surface area contributed by atoms with Gasteiger partial charge in [-0.15, -0.1) is 0 Å². The molecule has 0 amide bonds. The van der Waals surface area contributed by atoms with E-state index in [1.165, 1.54) is 0 Å². The average molecular weight is 243 g/mol. The van der Waals surface area contributed by atoms with Crippen molar-refractivity contribution >= 4 is 0 Å². The van der Waals surface area contributed by atoms with Crippen LogP contribution in [0.2, 0.25) is 0 Å². The zero-order valence-corrected chi connectivity index (χ0v) is 10.7. The zero-order chi connectivity index (χ0) is 12.7. The molecule has 0 bridgehead atoms. The van der Waals surface area contributed by atoms with E-state index in [4.69, 9.17) is 14.4 Å². The SMILES string of the molecule is CC(C)c1nc(CN(C)CCOCCO)no1. The van der Waals surface area contributed by atoms with Gasteiger partial charge in [-0.1, -0.05) is 19.0 Å². The summed E-state index contributed by atoms with van der Waals surface area (Å²) in [6, 6.07) is 0. The van der Waals surface area contributed by atoms with Crippen molar-refractivity contribution < 1.29 is 14.4 Å². The van der Waals surface area contributed by atoms with E-state index in [0.717, 1.165) is 6.54 Å². The number of aliphatic hydroxyl groups excluding tert-OH is 1. The molecule has 1 aromatic rings. The number of nitrogens with zero attached hydrogens (tertiary/aromatic N) is 3. The predicted octanol–water partition coefficient (Wildman–Crippen LogP) is 0.634. The summed E-state index contributed by atoms with van der Waals surface area (Å²) in [5.74, 6) is 1.62. The molecule has 0 aliphatic rings. The minimum absolute atomic E-state index is 0.0618. The van der Waals surface area contributed by atoms with E-state index < -0.39 is 0 Å². The first kappa shape index (κ1) is 14.1. The summed E-state index contributed by atoms with van der Waals surface area (Å²) in [5.41, 5.74) is 0. The van der Waals surface area contributed by atoms with E-state index in [1.54, 1.807) is 0 Å². The quantitative estimate of drug-likeness (QED) is 0.675. The molecule has 98 valence electrons. The van der Waals surface area contributed by atoms with Gasteiger partial charge in [0.2, 0.25) is 5.89 Å². The Morgan fingerprint density at radius 1 is 1.41 bits per heavy atom. The van der Waals surface area contributed by atoms with Gasteiger partial charge in [0.15, 0.2) is 5.82 Å². The molecular formula is C11H21N3O3. The highest BCUT2D eigenvalue weighted by molar-refractivity contribution is 4.90.